The van der Waals surface area contributed by atoms with Gasteiger partial charge in [0.2, 0.25) is 0 Å². The molecule has 0 spiro atoms. The molecule has 0 saturated heterocycles. The number of benzene rings is 1. The van der Waals surface area contributed by atoms with Gasteiger partial charge in [0, 0.05) is 27.4 Å². The van der Waals surface area contributed by atoms with Crippen LogP contribution in [0.15, 0.2) is 24.3 Å². The lowest BCUT2D eigenvalue weighted by Gasteiger charge is -2.24. The molecule has 0 fully saturated rings. The van der Waals surface area contributed by atoms with Gasteiger partial charge in [0.25, 0.3) is 0 Å². The molecule has 0 amide bonds. The molecular weight excluding hydrogens is 232 g/mol. The SMILES string of the molecule is CCc1ccccc1CC[Si](OC)(OC)OC. The lowest BCUT2D eigenvalue weighted by atomic mass is 10.0. The van der Waals surface area contributed by atoms with Gasteiger partial charge >= 0.3 is 8.80 Å². The fourth-order valence-corrected chi connectivity index (χ4v) is 3.68. The molecule has 0 bridgehead atoms. The van der Waals surface area contributed by atoms with Gasteiger partial charge in [-0.1, -0.05) is 31.2 Å². The van der Waals surface area contributed by atoms with E-state index in [-0.39, 0.29) is 0 Å². The Balaban J connectivity index is 2.71. The third-order valence-corrected chi connectivity index (χ3v) is 5.86. The van der Waals surface area contributed by atoms with E-state index in [2.05, 4.69) is 31.2 Å². The Labute approximate surface area is 105 Å². The lowest BCUT2D eigenvalue weighted by Crippen LogP contribution is -2.43. The van der Waals surface area contributed by atoms with Gasteiger partial charge in [-0.15, -0.1) is 0 Å². The van der Waals surface area contributed by atoms with Gasteiger partial charge in [-0.05, 0) is 24.0 Å². The summed E-state index contributed by atoms with van der Waals surface area (Å²) in [5, 5.41) is 0. The molecule has 1 rings (SSSR count). The normalized spacial score (nSPS) is 11.8. The summed E-state index contributed by atoms with van der Waals surface area (Å²) in [6.07, 6.45) is 1.99. The van der Waals surface area contributed by atoms with Crippen LogP contribution < -0.4 is 0 Å². The zero-order chi connectivity index (χ0) is 12.7. The van der Waals surface area contributed by atoms with Crippen LogP contribution in [0.2, 0.25) is 6.04 Å². The molecule has 0 N–H and O–H groups in total. The third kappa shape index (κ3) is 3.64. The van der Waals surface area contributed by atoms with Crippen LogP contribution in [0.25, 0.3) is 0 Å². The largest absolute Gasteiger partial charge is 0.500 e. The van der Waals surface area contributed by atoms with Crippen molar-refractivity contribution in [1.82, 2.24) is 0 Å². The van der Waals surface area contributed by atoms with Gasteiger partial charge in [0.05, 0.1) is 0 Å². The van der Waals surface area contributed by atoms with Crippen molar-refractivity contribution in [1.29, 1.82) is 0 Å². The fourth-order valence-electron chi connectivity index (χ4n) is 1.99. The van der Waals surface area contributed by atoms with Crippen LogP contribution in [0.1, 0.15) is 18.1 Å². The summed E-state index contributed by atoms with van der Waals surface area (Å²) in [7, 11) is 2.54. The molecule has 17 heavy (non-hydrogen) atoms. The first-order chi connectivity index (χ1) is 8.21. The number of hydrogen-bond acceptors (Lipinski definition) is 3. The highest BCUT2D eigenvalue weighted by Crippen LogP contribution is 2.19. The van der Waals surface area contributed by atoms with Crippen LogP contribution in [-0.4, -0.2) is 30.1 Å². The van der Waals surface area contributed by atoms with Crippen LogP contribution in [0.3, 0.4) is 0 Å². The number of hydrogen-bond donors (Lipinski definition) is 0. The molecule has 0 heterocycles. The fraction of sp³-hybridized carbons (Fsp3) is 0.538. The Morgan fingerprint density at radius 2 is 1.47 bits per heavy atom. The maximum Gasteiger partial charge on any atom is 0.500 e. The van der Waals surface area contributed by atoms with E-state index in [1.165, 1.54) is 11.1 Å². The van der Waals surface area contributed by atoms with E-state index in [0.29, 0.717) is 0 Å². The highest BCUT2D eigenvalue weighted by atomic mass is 28.4. The first-order valence-electron chi connectivity index (χ1n) is 5.93. The third-order valence-electron chi connectivity index (χ3n) is 3.13. The highest BCUT2D eigenvalue weighted by Gasteiger charge is 2.37. The Kier molecular flexibility index (Phi) is 5.84. The molecule has 0 atom stereocenters. The summed E-state index contributed by atoms with van der Waals surface area (Å²) in [5.41, 5.74) is 2.75. The molecular formula is C13H22O3Si. The minimum absolute atomic E-state index is 0.813. The molecule has 0 aliphatic rings. The van der Waals surface area contributed by atoms with Gasteiger partial charge in [0.15, 0.2) is 0 Å². The smallest absolute Gasteiger partial charge is 0.377 e. The second-order valence-corrected chi connectivity index (χ2v) is 7.01. The van der Waals surface area contributed by atoms with Gasteiger partial charge in [-0.3, -0.25) is 0 Å². The zero-order valence-electron chi connectivity index (χ0n) is 11.2. The average Bonchev–Trinajstić information content (AvgIpc) is 2.41. The molecule has 1 aromatic carbocycles. The van der Waals surface area contributed by atoms with E-state index in [1.807, 2.05) is 0 Å². The summed E-state index contributed by atoms with van der Waals surface area (Å²) in [6, 6.07) is 9.30. The second-order valence-electron chi connectivity index (χ2n) is 3.92. The van der Waals surface area contributed by atoms with Crippen molar-refractivity contribution in [3.05, 3.63) is 35.4 Å². The Morgan fingerprint density at radius 3 is 1.94 bits per heavy atom. The summed E-state index contributed by atoms with van der Waals surface area (Å²) in [5.74, 6) is 0. The van der Waals surface area contributed by atoms with E-state index in [9.17, 15) is 0 Å². The van der Waals surface area contributed by atoms with Crippen LogP contribution in [0.5, 0.6) is 0 Å². The highest BCUT2D eigenvalue weighted by molar-refractivity contribution is 6.60. The van der Waals surface area contributed by atoms with Crippen LogP contribution in [-0.2, 0) is 26.1 Å². The first kappa shape index (κ1) is 14.4. The van der Waals surface area contributed by atoms with E-state index < -0.39 is 8.80 Å². The van der Waals surface area contributed by atoms with Crippen LogP contribution in [0, 0.1) is 0 Å². The van der Waals surface area contributed by atoms with E-state index in [4.69, 9.17) is 13.3 Å². The monoisotopic (exact) mass is 254 g/mol. The van der Waals surface area contributed by atoms with Crippen molar-refractivity contribution < 1.29 is 13.3 Å². The minimum atomic E-state index is -2.44. The molecule has 3 nitrogen and oxygen atoms in total. The van der Waals surface area contributed by atoms with Crippen molar-refractivity contribution in [3.63, 3.8) is 0 Å². The quantitative estimate of drug-likeness (QED) is 0.700. The first-order valence-corrected chi connectivity index (χ1v) is 7.86. The molecule has 0 aliphatic carbocycles. The van der Waals surface area contributed by atoms with Crippen molar-refractivity contribution >= 4 is 8.80 Å². The van der Waals surface area contributed by atoms with Gasteiger partial charge in [-0.25, -0.2) is 0 Å². The predicted molar refractivity (Wildman–Crippen MR) is 71.1 cm³/mol. The molecule has 0 unspecified atom stereocenters. The Morgan fingerprint density at radius 1 is 0.941 bits per heavy atom. The summed E-state index contributed by atoms with van der Waals surface area (Å²) < 4.78 is 16.3. The van der Waals surface area contributed by atoms with Gasteiger partial charge in [0.1, 0.15) is 0 Å². The molecule has 1 aromatic rings. The maximum absolute atomic E-state index is 5.43. The van der Waals surface area contributed by atoms with Crippen molar-refractivity contribution in [2.75, 3.05) is 21.3 Å². The number of aryl methyl sites for hydroxylation is 2. The molecule has 0 aliphatic heterocycles. The molecule has 0 saturated carbocycles. The molecule has 4 heteroatoms. The topological polar surface area (TPSA) is 27.7 Å². The summed E-state index contributed by atoms with van der Waals surface area (Å²) >= 11 is 0. The average molecular weight is 254 g/mol. The Bertz CT molecular complexity index is 329. The molecule has 96 valence electrons. The van der Waals surface area contributed by atoms with E-state index in [0.717, 1.165) is 18.9 Å². The Hall–Kier alpha value is -0.683. The van der Waals surface area contributed by atoms with Crippen molar-refractivity contribution in [2.24, 2.45) is 0 Å². The van der Waals surface area contributed by atoms with Crippen molar-refractivity contribution in [3.8, 4) is 0 Å². The summed E-state index contributed by atoms with van der Waals surface area (Å²) in [6.45, 7) is 2.17. The standard InChI is InChI=1S/C13H22O3Si/c1-5-12-8-6-7-9-13(12)10-11-17(14-2,15-3)16-4/h6-9H,5,10-11H2,1-4H3. The molecule has 0 aromatic heterocycles. The second kappa shape index (κ2) is 6.91. The minimum Gasteiger partial charge on any atom is -0.377 e. The van der Waals surface area contributed by atoms with Crippen molar-refractivity contribution in [2.45, 2.75) is 25.8 Å². The van der Waals surface area contributed by atoms with E-state index >= 15 is 0 Å². The lowest BCUT2D eigenvalue weighted by molar-refractivity contribution is 0.123. The van der Waals surface area contributed by atoms with Crippen LogP contribution >= 0.6 is 0 Å². The zero-order valence-corrected chi connectivity index (χ0v) is 12.2. The molecule has 0 radical (unpaired) electrons. The predicted octanol–water partition coefficient (Wildman–Crippen LogP) is 2.67. The van der Waals surface area contributed by atoms with E-state index in [1.54, 1.807) is 21.3 Å². The summed E-state index contributed by atoms with van der Waals surface area (Å²) in [4.78, 5) is 0. The van der Waals surface area contributed by atoms with Crippen LogP contribution in [0.4, 0.5) is 0 Å². The van der Waals surface area contributed by atoms with Gasteiger partial charge in [-0.2, -0.15) is 0 Å². The number of rotatable bonds is 7. The van der Waals surface area contributed by atoms with Gasteiger partial charge < -0.3 is 13.3 Å². The maximum atomic E-state index is 5.43.